The van der Waals surface area contributed by atoms with Crippen LogP contribution in [-0.4, -0.2) is 17.6 Å². The summed E-state index contributed by atoms with van der Waals surface area (Å²) in [5.74, 6) is -1.00. The van der Waals surface area contributed by atoms with Gasteiger partial charge in [-0.15, -0.1) is 0 Å². The van der Waals surface area contributed by atoms with E-state index in [2.05, 4.69) is 4.98 Å². The van der Waals surface area contributed by atoms with Crippen LogP contribution in [0, 0.1) is 5.82 Å². The number of aromatic nitrogens is 1. The highest BCUT2D eigenvalue weighted by Gasteiger charge is 2.30. The van der Waals surface area contributed by atoms with Crippen LogP contribution in [0.3, 0.4) is 0 Å². The number of esters is 1. The first kappa shape index (κ1) is 18.0. The van der Waals surface area contributed by atoms with Crippen molar-refractivity contribution in [2.45, 2.75) is 19.0 Å². The molecule has 136 valence electrons. The first-order valence-corrected chi connectivity index (χ1v) is 7.94. The van der Waals surface area contributed by atoms with E-state index < -0.39 is 17.7 Å². The molecule has 0 aliphatic carbocycles. The topological polar surface area (TPSA) is 42.1 Å². The van der Waals surface area contributed by atoms with Gasteiger partial charge in [0.2, 0.25) is 0 Å². The van der Waals surface area contributed by atoms with Crippen LogP contribution in [0.25, 0.3) is 10.9 Å². The zero-order valence-electron chi connectivity index (χ0n) is 13.6. The fourth-order valence-corrected chi connectivity index (χ4v) is 2.66. The molecule has 1 N–H and O–H groups in total. The van der Waals surface area contributed by atoms with Crippen molar-refractivity contribution in [2.24, 2.45) is 0 Å². The summed E-state index contributed by atoms with van der Waals surface area (Å²) in [6.07, 6.45) is -1.58. The molecule has 0 atom stereocenters. The van der Waals surface area contributed by atoms with Crippen molar-refractivity contribution in [1.82, 2.24) is 4.98 Å². The van der Waals surface area contributed by atoms with Gasteiger partial charge >= 0.3 is 12.1 Å². The number of benzene rings is 2. The second kappa shape index (κ2) is 7.19. The van der Waals surface area contributed by atoms with Gasteiger partial charge in [0, 0.05) is 17.1 Å². The maximum atomic E-state index is 13.3. The third-order valence-corrected chi connectivity index (χ3v) is 4.00. The van der Waals surface area contributed by atoms with Crippen molar-refractivity contribution < 1.29 is 27.1 Å². The molecule has 0 radical (unpaired) electrons. The number of hydrogen-bond donors (Lipinski definition) is 1. The summed E-state index contributed by atoms with van der Waals surface area (Å²) in [5, 5.41) is 0.777. The van der Waals surface area contributed by atoms with E-state index in [1.54, 1.807) is 12.3 Å². The normalized spacial score (nSPS) is 11.7. The minimum absolute atomic E-state index is 0.0622. The number of rotatable bonds is 5. The van der Waals surface area contributed by atoms with E-state index in [9.17, 15) is 22.4 Å². The number of carbonyl (C=O) groups is 1. The zero-order chi connectivity index (χ0) is 18.7. The average molecular weight is 365 g/mol. The van der Waals surface area contributed by atoms with Crippen LogP contribution in [0.4, 0.5) is 17.6 Å². The van der Waals surface area contributed by atoms with Crippen molar-refractivity contribution in [3.8, 4) is 0 Å². The summed E-state index contributed by atoms with van der Waals surface area (Å²) < 4.78 is 55.9. The molecule has 0 aliphatic rings. The molecular weight excluding hydrogens is 350 g/mol. The monoisotopic (exact) mass is 365 g/mol. The van der Waals surface area contributed by atoms with Crippen molar-refractivity contribution >= 4 is 16.9 Å². The molecular formula is C19H15F4NO2. The SMILES string of the molecule is O=C(OCCCc1c[nH]c2ccc(F)cc12)c1ccc(C(F)(F)F)cc1. The van der Waals surface area contributed by atoms with Crippen molar-refractivity contribution in [1.29, 1.82) is 0 Å². The Morgan fingerprint density at radius 3 is 2.50 bits per heavy atom. The van der Waals surface area contributed by atoms with E-state index in [0.717, 1.165) is 40.7 Å². The number of aryl methyl sites for hydroxylation is 1. The van der Waals surface area contributed by atoms with Gasteiger partial charge in [-0.05, 0) is 60.9 Å². The summed E-state index contributed by atoms with van der Waals surface area (Å²) in [5.41, 5.74) is 0.973. The summed E-state index contributed by atoms with van der Waals surface area (Å²) >= 11 is 0. The Morgan fingerprint density at radius 1 is 1.08 bits per heavy atom. The number of alkyl halides is 3. The Bertz CT molecular complexity index is 913. The fraction of sp³-hybridized carbons (Fsp3) is 0.211. The Hall–Kier alpha value is -2.83. The van der Waals surface area contributed by atoms with E-state index in [4.69, 9.17) is 4.74 Å². The molecule has 0 saturated heterocycles. The standard InChI is InChI=1S/C19H15F4NO2/c20-15-7-8-17-16(10-15)13(11-24-17)2-1-9-26-18(25)12-3-5-14(6-4-12)19(21,22)23/h3-8,10-11,24H,1-2,9H2. The molecule has 0 bridgehead atoms. The first-order valence-electron chi connectivity index (χ1n) is 7.94. The molecule has 2 aromatic carbocycles. The van der Waals surface area contributed by atoms with Crippen LogP contribution in [-0.2, 0) is 17.3 Å². The molecule has 0 saturated carbocycles. The second-order valence-corrected chi connectivity index (χ2v) is 5.82. The summed E-state index contributed by atoms with van der Waals surface area (Å²) in [6, 6.07) is 8.33. The number of aromatic amines is 1. The van der Waals surface area contributed by atoms with Gasteiger partial charge in [0.05, 0.1) is 17.7 Å². The van der Waals surface area contributed by atoms with E-state index in [-0.39, 0.29) is 18.0 Å². The van der Waals surface area contributed by atoms with Gasteiger partial charge in [0.15, 0.2) is 0 Å². The van der Waals surface area contributed by atoms with E-state index in [1.165, 1.54) is 12.1 Å². The number of ether oxygens (including phenoxy) is 1. The minimum atomic E-state index is -4.44. The molecule has 0 amide bonds. The van der Waals surface area contributed by atoms with Crippen LogP contribution in [0.1, 0.15) is 27.9 Å². The lowest BCUT2D eigenvalue weighted by atomic mass is 10.1. The molecule has 0 spiro atoms. The van der Waals surface area contributed by atoms with Gasteiger partial charge in [0.1, 0.15) is 5.82 Å². The molecule has 3 nitrogen and oxygen atoms in total. The Labute approximate surface area is 146 Å². The smallest absolute Gasteiger partial charge is 0.416 e. The van der Waals surface area contributed by atoms with Gasteiger partial charge in [-0.3, -0.25) is 0 Å². The van der Waals surface area contributed by atoms with Gasteiger partial charge in [-0.2, -0.15) is 13.2 Å². The lowest BCUT2D eigenvalue weighted by molar-refractivity contribution is -0.137. The number of fused-ring (bicyclic) bond motifs is 1. The minimum Gasteiger partial charge on any atom is -0.462 e. The van der Waals surface area contributed by atoms with Crippen molar-refractivity contribution in [3.05, 3.63) is 71.2 Å². The highest BCUT2D eigenvalue weighted by atomic mass is 19.4. The molecule has 0 fully saturated rings. The number of H-pyrrole nitrogens is 1. The number of nitrogens with one attached hydrogen (secondary N) is 1. The molecule has 0 aliphatic heterocycles. The van der Waals surface area contributed by atoms with Crippen LogP contribution in [0.2, 0.25) is 0 Å². The second-order valence-electron chi connectivity index (χ2n) is 5.82. The molecule has 3 aromatic rings. The predicted octanol–water partition coefficient (Wildman–Crippen LogP) is 5.12. The van der Waals surface area contributed by atoms with Gasteiger partial charge in [-0.1, -0.05) is 0 Å². The summed E-state index contributed by atoms with van der Waals surface area (Å²) in [4.78, 5) is 14.9. The zero-order valence-corrected chi connectivity index (χ0v) is 13.6. The molecule has 1 aromatic heterocycles. The Balaban J connectivity index is 1.53. The predicted molar refractivity (Wildman–Crippen MR) is 88.3 cm³/mol. The number of carbonyl (C=O) groups excluding carboxylic acids is 1. The number of hydrogen-bond acceptors (Lipinski definition) is 2. The van der Waals surface area contributed by atoms with Crippen LogP contribution in [0.15, 0.2) is 48.7 Å². The molecule has 1 heterocycles. The van der Waals surface area contributed by atoms with E-state index in [1.807, 2.05) is 0 Å². The number of halogens is 4. The first-order chi connectivity index (χ1) is 12.3. The maximum Gasteiger partial charge on any atom is 0.416 e. The highest BCUT2D eigenvalue weighted by molar-refractivity contribution is 5.89. The van der Waals surface area contributed by atoms with Gasteiger partial charge in [-0.25, -0.2) is 9.18 Å². The molecule has 7 heteroatoms. The average Bonchev–Trinajstić information content (AvgIpc) is 3.00. The third-order valence-electron chi connectivity index (χ3n) is 4.00. The lowest BCUT2D eigenvalue weighted by Crippen LogP contribution is -2.09. The van der Waals surface area contributed by atoms with Gasteiger partial charge in [0.25, 0.3) is 0 Å². The molecule has 3 rings (SSSR count). The van der Waals surface area contributed by atoms with Gasteiger partial charge < -0.3 is 9.72 Å². The Morgan fingerprint density at radius 2 is 1.81 bits per heavy atom. The van der Waals surface area contributed by atoms with Crippen molar-refractivity contribution in [3.63, 3.8) is 0 Å². The quantitative estimate of drug-likeness (QED) is 0.388. The van der Waals surface area contributed by atoms with E-state index >= 15 is 0 Å². The van der Waals surface area contributed by atoms with Crippen LogP contribution in [0.5, 0.6) is 0 Å². The Kier molecular flexibility index (Phi) is 4.97. The largest absolute Gasteiger partial charge is 0.462 e. The van der Waals surface area contributed by atoms with Crippen LogP contribution >= 0.6 is 0 Å². The highest BCUT2D eigenvalue weighted by Crippen LogP contribution is 2.29. The van der Waals surface area contributed by atoms with Crippen molar-refractivity contribution in [2.75, 3.05) is 6.61 Å². The summed E-state index contributed by atoms with van der Waals surface area (Å²) in [7, 11) is 0. The lowest BCUT2D eigenvalue weighted by Gasteiger charge is -2.08. The molecule has 0 unspecified atom stereocenters. The fourth-order valence-electron chi connectivity index (χ4n) is 2.66. The maximum absolute atomic E-state index is 13.3. The van der Waals surface area contributed by atoms with E-state index in [0.29, 0.717) is 12.8 Å². The third kappa shape index (κ3) is 4.04. The molecule has 26 heavy (non-hydrogen) atoms. The van der Waals surface area contributed by atoms with Crippen LogP contribution < -0.4 is 0 Å². The summed E-state index contributed by atoms with van der Waals surface area (Å²) in [6.45, 7) is 0.113.